The number of nitrogens with one attached hydrogen (secondary N) is 1. The van der Waals surface area contributed by atoms with Crippen molar-refractivity contribution in [3.63, 3.8) is 0 Å². The normalized spacial score (nSPS) is 11.1. The predicted octanol–water partition coefficient (Wildman–Crippen LogP) is 1.78. The van der Waals surface area contributed by atoms with Crippen LogP contribution >= 0.6 is 0 Å². The zero-order valence-corrected chi connectivity index (χ0v) is 8.94. The second-order valence-electron chi connectivity index (χ2n) is 4.22. The lowest BCUT2D eigenvalue weighted by Gasteiger charge is -2.21. The minimum atomic E-state index is -0.531. The van der Waals surface area contributed by atoms with Gasteiger partial charge in [-0.05, 0) is 26.8 Å². The fraction of sp³-hybridized carbons (Fsp3) is 0.444. The van der Waals surface area contributed by atoms with E-state index >= 15 is 0 Å². The molecular formula is C9H14N4O2. The van der Waals surface area contributed by atoms with Gasteiger partial charge in [0.2, 0.25) is 5.82 Å². The molecule has 0 unspecified atom stereocenters. The first-order valence-electron chi connectivity index (χ1n) is 4.48. The molecule has 1 aromatic heterocycles. The van der Waals surface area contributed by atoms with Crippen molar-refractivity contribution in [2.75, 3.05) is 11.1 Å². The van der Waals surface area contributed by atoms with Gasteiger partial charge in [0, 0.05) is 11.7 Å². The minimum Gasteiger partial charge on any atom is -0.378 e. The van der Waals surface area contributed by atoms with Crippen LogP contribution in [0, 0.1) is 10.1 Å². The molecule has 0 radical (unpaired) electrons. The number of nitrogens with two attached hydrogens (primary N) is 1. The maximum atomic E-state index is 10.8. The molecule has 0 spiro atoms. The van der Waals surface area contributed by atoms with E-state index in [1.54, 1.807) is 6.07 Å². The van der Waals surface area contributed by atoms with Gasteiger partial charge in [-0.2, -0.15) is 0 Å². The van der Waals surface area contributed by atoms with Crippen LogP contribution in [0.5, 0.6) is 0 Å². The van der Waals surface area contributed by atoms with Crippen LogP contribution in [0.1, 0.15) is 20.8 Å². The van der Waals surface area contributed by atoms with E-state index in [1.165, 1.54) is 6.20 Å². The van der Waals surface area contributed by atoms with E-state index < -0.39 is 4.92 Å². The molecule has 0 aliphatic heterocycles. The van der Waals surface area contributed by atoms with E-state index in [0.717, 1.165) is 0 Å². The fourth-order valence-corrected chi connectivity index (χ4v) is 1.17. The van der Waals surface area contributed by atoms with Crippen LogP contribution in [0.2, 0.25) is 0 Å². The summed E-state index contributed by atoms with van der Waals surface area (Å²) in [6, 6.07) is 1.54. The van der Waals surface area contributed by atoms with Gasteiger partial charge in [0.15, 0.2) is 0 Å². The van der Waals surface area contributed by atoms with Crippen LogP contribution in [-0.4, -0.2) is 15.4 Å². The molecule has 6 nitrogen and oxygen atoms in total. The second-order valence-corrected chi connectivity index (χ2v) is 4.22. The quantitative estimate of drug-likeness (QED) is 0.573. The molecule has 0 aliphatic carbocycles. The van der Waals surface area contributed by atoms with Crippen molar-refractivity contribution in [1.29, 1.82) is 0 Å². The Morgan fingerprint density at radius 3 is 2.60 bits per heavy atom. The van der Waals surface area contributed by atoms with Crippen LogP contribution in [0.15, 0.2) is 12.3 Å². The summed E-state index contributed by atoms with van der Waals surface area (Å²) in [5, 5.41) is 13.8. The van der Waals surface area contributed by atoms with Crippen molar-refractivity contribution in [3.8, 4) is 0 Å². The molecule has 15 heavy (non-hydrogen) atoms. The summed E-state index contributed by atoms with van der Waals surface area (Å²) >= 11 is 0. The summed E-state index contributed by atoms with van der Waals surface area (Å²) in [5.41, 5.74) is 5.40. The minimum absolute atomic E-state index is 0.0748. The Hall–Kier alpha value is -1.85. The van der Waals surface area contributed by atoms with Crippen molar-refractivity contribution >= 4 is 17.2 Å². The lowest BCUT2D eigenvalue weighted by Crippen LogP contribution is -2.26. The molecule has 82 valence electrons. The molecule has 0 saturated carbocycles. The summed E-state index contributed by atoms with van der Waals surface area (Å²) in [5.74, 6) is -0.0748. The molecule has 0 fully saturated rings. The monoisotopic (exact) mass is 210 g/mol. The average molecular weight is 210 g/mol. The number of nitrogen functional groups attached to an aromatic ring is 1. The highest BCUT2D eigenvalue weighted by atomic mass is 16.6. The lowest BCUT2D eigenvalue weighted by atomic mass is 10.1. The van der Waals surface area contributed by atoms with E-state index in [0.29, 0.717) is 5.69 Å². The molecule has 1 rings (SSSR count). The fourth-order valence-electron chi connectivity index (χ4n) is 1.17. The molecular weight excluding hydrogens is 196 g/mol. The van der Waals surface area contributed by atoms with E-state index in [1.807, 2.05) is 20.8 Å². The number of aromatic nitrogens is 1. The van der Waals surface area contributed by atoms with Gasteiger partial charge >= 0.3 is 5.69 Å². The molecule has 0 bridgehead atoms. The molecule has 6 heteroatoms. The van der Waals surface area contributed by atoms with Gasteiger partial charge in [0.25, 0.3) is 0 Å². The molecule has 0 atom stereocenters. The van der Waals surface area contributed by atoms with E-state index in [-0.39, 0.29) is 17.0 Å². The number of anilines is 2. The second kappa shape index (κ2) is 3.72. The Morgan fingerprint density at radius 1 is 1.53 bits per heavy atom. The Bertz CT molecular complexity index is 384. The topological polar surface area (TPSA) is 94.1 Å². The van der Waals surface area contributed by atoms with Crippen molar-refractivity contribution in [2.45, 2.75) is 26.3 Å². The first-order valence-corrected chi connectivity index (χ1v) is 4.48. The molecule has 3 N–H and O–H groups in total. The Kier molecular flexibility index (Phi) is 2.78. The molecule has 1 heterocycles. The number of nitro groups is 1. The molecule has 0 amide bonds. The maximum absolute atomic E-state index is 10.8. The number of rotatable bonds is 2. The number of nitrogens with zero attached hydrogens (tertiary/aromatic N) is 2. The highest BCUT2D eigenvalue weighted by Crippen LogP contribution is 2.30. The standard InChI is InChI=1S/C9H14N4O2/c1-9(2,3)12-6-4-5-11-8(10)7(6)13(14)15/h4-5H,1-3H3,(H3,10,11,12). The largest absolute Gasteiger partial charge is 0.378 e. The Balaban J connectivity index is 3.18. The van der Waals surface area contributed by atoms with Crippen molar-refractivity contribution < 1.29 is 4.92 Å². The van der Waals surface area contributed by atoms with Crippen molar-refractivity contribution in [1.82, 2.24) is 4.98 Å². The number of hydrogen-bond donors (Lipinski definition) is 2. The van der Waals surface area contributed by atoms with Gasteiger partial charge < -0.3 is 11.1 Å². The SMILES string of the molecule is CC(C)(C)Nc1ccnc(N)c1[N+](=O)[O-]. The van der Waals surface area contributed by atoms with Crippen molar-refractivity contribution in [2.24, 2.45) is 0 Å². The predicted molar refractivity (Wildman–Crippen MR) is 58.7 cm³/mol. The smallest absolute Gasteiger partial charge is 0.333 e. The van der Waals surface area contributed by atoms with Crippen LogP contribution in [0.4, 0.5) is 17.2 Å². The average Bonchev–Trinajstić information content (AvgIpc) is 1.99. The van der Waals surface area contributed by atoms with Crippen molar-refractivity contribution in [3.05, 3.63) is 22.4 Å². The highest BCUT2D eigenvalue weighted by Gasteiger charge is 2.22. The van der Waals surface area contributed by atoms with Gasteiger partial charge in [-0.1, -0.05) is 0 Å². The highest BCUT2D eigenvalue weighted by molar-refractivity contribution is 5.71. The Morgan fingerprint density at radius 2 is 2.13 bits per heavy atom. The molecule has 0 saturated heterocycles. The van der Waals surface area contributed by atoms with E-state index in [2.05, 4.69) is 10.3 Å². The van der Waals surface area contributed by atoms with Gasteiger partial charge in [-0.3, -0.25) is 10.1 Å². The van der Waals surface area contributed by atoms with Gasteiger partial charge in [-0.25, -0.2) is 4.98 Å². The lowest BCUT2D eigenvalue weighted by molar-refractivity contribution is -0.383. The number of pyridine rings is 1. The summed E-state index contributed by atoms with van der Waals surface area (Å²) in [7, 11) is 0. The Labute approximate surface area is 87.7 Å². The third kappa shape index (κ3) is 2.80. The summed E-state index contributed by atoms with van der Waals surface area (Å²) in [6.45, 7) is 5.73. The third-order valence-corrected chi connectivity index (χ3v) is 1.64. The first-order chi connectivity index (χ1) is 6.81. The summed E-state index contributed by atoms with van der Waals surface area (Å²) in [6.07, 6.45) is 1.44. The zero-order valence-electron chi connectivity index (χ0n) is 8.94. The third-order valence-electron chi connectivity index (χ3n) is 1.64. The summed E-state index contributed by atoms with van der Waals surface area (Å²) < 4.78 is 0. The van der Waals surface area contributed by atoms with Crippen LogP contribution in [0.25, 0.3) is 0 Å². The van der Waals surface area contributed by atoms with Gasteiger partial charge in [0.1, 0.15) is 5.69 Å². The van der Waals surface area contributed by atoms with Crippen LogP contribution < -0.4 is 11.1 Å². The summed E-state index contributed by atoms with van der Waals surface area (Å²) in [4.78, 5) is 13.9. The van der Waals surface area contributed by atoms with Gasteiger partial charge in [-0.15, -0.1) is 0 Å². The zero-order chi connectivity index (χ0) is 11.6. The van der Waals surface area contributed by atoms with Crippen LogP contribution in [0.3, 0.4) is 0 Å². The van der Waals surface area contributed by atoms with E-state index in [9.17, 15) is 10.1 Å². The van der Waals surface area contributed by atoms with Crippen LogP contribution in [-0.2, 0) is 0 Å². The van der Waals surface area contributed by atoms with E-state index in [4.69, 9.17) is 5.73 Å². The first kappa shape index (κ1) is 11.2. The maximum Gasteiger partial charge on any atom is 0.333 e. The molecule has 1 aromatic rings. The molecule has 0 aliphatic rings. The number of hydrogen-bond acceptors (Lipinski definition) is 5. The van der Waals surface area contributed by atoms with Gasteiger partial charge in [0.05, 0.1) is 4.92 Å². The molecule has 0 aromatic carbocycles.